The van der Waals surface area contributed by atoms with Crippen LogP contribution in [0.4, 0.5) is 0 Å². The molecule has 1 N–H and O–H groups in total. The molecule has 0 atom stereocenters. The number of hydrogen-bond acceptors (Lipinski definition) is 4. The number of nitrogens with zero attached hydrogens (tertiary/aromatic N) is 5. The van der Waals surface area contributed by atoms with Crippen LogP contribution in [0, 0.1) is 0 Å². The zero-order valence-electron chi connectivity index (χ0n) is 17.8. The monoisotopic (exact) mass is 390 g/mol. The number of aliphatic imine (C=N–C) groups is 1. The minimum absolute atomic E-state index is 0.411. The second-order valence-electron chi connectivity index (χ2n) is 7.54. The van der Waals surface area contributed by atoms with Gasteiger partial charge in [0.2, 0.25) is 0 Å². The Bertz CT molecular complexity index is 743. The first-order chi connectivity index (χ1) is 12.8. The van der Waals surface area contributed by atoms with Gasteiger partial charge in [-0.2, -0.15) is 5.10 Å². The quantitative estimate of drug-likeness (QED) is 0.551. The minimum atomic E-state index is 0.411. The molecule has 0 aliphatic carbocycles. The van der Waals surface area contributed by atoms with E-state index in [0.717, 1.165) is 43.4 Å². The van der Waals surface area contributed by atoms with Crippen molar-refractivity contribution in [3.63, 3.8) is 0 Å². The molecule has 0 saturated heterocycles. The van der Waals surface area contributed by atoms with Gasteiger partial charge < -0.3 is 10.2 Å². The molecule has 2 aromatic heterocycles. The van der Waals surface area contributed by atoms with Crippen molar-refractivity contribution >= 4 is 17.3 Å². The summed E-state index contributed by atoms with van der Waals surface area (Å²) in [5.74, 6) is 1.83. The largest absolute Gasteiger partial charge is 0.357 e. The first-order valence-electron chi connectivity index (χ1n) is 9.77. The molecule has 0 amide bonds. The van der Waals surface area contributed by atoms with Gasteiger partial charge in [0.05, 0.1) is 16.4 Å². The summed E-state index contributed by atoms with van der Waals surface area (Å²) in [6.45, 7) is 13.2. The van der Waals surface area contributed by atoms with Gasteiger partial charge in [-0.25, -0.2) is 4.98 Å². The third kappa shape index (κ3) is 6.06. The van der Waals surface area contributed by atoms with E-state index in [-0.39, 0.29) is 0 Å². The van der Waals surface area contributed by atoms with Crippen molar-refractivity contribution in [1.29, 1.82) is 0 Å². The van der Waals surface area contributed by atoms with Crippen molar-refractivity contribution in [1.82, 2.24) is 25.0 Å². The maximum atomic E-state index is 4.81. The normalized spacial score (nSPS) is 12.3. The van der Waals surface area contributed by atoms with Crippen LogP contribution in [0.15, 0.2) is 16.6 Å². The summed E-state index contributed by atoms with van der Waals surface area (Å²) in [6.07, 6.45) is 2.98. The van der Waals surface area contributed by atoms with Crippen molar-refractivity contribution < 1.29 is 0 Å². The Balaban J connectivity index is 2.03. The van der Waals surface area contributed by atoms with Crippen LogP contribution < -0.4 is 5.32 Å². The van der Waals surface area contributed by atoms with E-state index in [1.807, 2.05) is 11.7 Å². The van der Waals surface area contributed by atoms with Gasteiger partial charge in [0.15, 0.2) is 5.96 Å². The molecule has 0 aliphatic heterocycles. The molecule has 27 heavy (non-hydrogen) atoms. The summed E-state index contributed by atoms with van der Waals surface area (Å²) in [6, 6.07) is 0. The van der Waals surface area contributed by atoms with Crippen LogP contribution in [0.2, 0.25) is 0 Å². The number of thiazole rings is 1. The predicted octanol–water partition coefficient (Wildman–Crippen LogP) is 3.76. The second-order valence-corrected chi connectivity index (χ2v) is 8.43. The van der Waals surface area contributed by atoms with Crippen LogP contribution in [-0.2, 0) is 20.0 Å². The third-order valence-corrected chi connectivity index (χ3v) is 5.48. The lowest BCUT2D eigenvalue weighted by Crippen LogP contribution is -2.38. The molecule has 0 unspecified atom stereocenters. The molecule has 7 heteroatoms. The maximum absolute atomic E-state index is 4.81. The molecule has 0 spiro atoms. The van der Waals surface area contributed by atoms with Crippen LogP contribution in [0.3, 0.4) is 0 Å². The number of rotatable bonds is 8. The van der Waals surface area contributed by atoms with E-state index in [1.165, 1.54) is 10.6 Å². The van der Waals surface area contributed by atoms with E-state index < -0.39 is 0 Å². The average Bonchev–Trinajstić information content (AvgIpc) is 3.21. The zero-order chi connectivity index (χ0) is 20.0. The summed E-state index contributed by atoms with van der Waals surface area (Å²) in [7, 11) is 4.06. The Morgan fingerprint density at radius 1 is 1.30 bits per heavy atom. The Labute approximate surface area is 167 Å². The Morgan fingerprint density at radius 2 is 2.04 bits per heavy atom. The molecule has 0 aliphatic rings. The SMILES string of the molecule is CCNC(=NCCc1csc(C(C)C)n1)N(C)Cc1cn(C)nc1C(C)C. The lowest BCUT2D eigenvalue weighted by atomic mass is 10.1. The smallest absolute Gasteiger partial charge is 0.193 e. The highest BCUT2D eigenvalue weighted by Gasteiger charge is 2.15. The molecule has 150 valence electrons. The minimum Gasteiger partial charge on any atom is -0.357 e. The van der Waals surface area contributed by atoms with Gasteiger partial charge in [-0.15, -0.1) is 11.3 Å². The number of nitrogens with one attached hydrogen (secondary N) is 1. The first kappa shape index (κ1) is 21.4. The van der Waals surface area contributed by atoms with Gasteiger partial charge in [-0.1, -0.05) is 27.7 Å². The number of aryl methyl sites for hydroxylation is 1. The van der Waals surface area contributed by atoms with Crippen LogP contribution in [0.5, 0.6) is 0 Å². The lowest BCUT2D eigenvalue weighted by Gasteiger charge is -2.22. The average molecular weight is 391 g/mol. The summed E-state index contributed by atoms with van der Waals surface area (Å²) in [5.41, 5.74) is 3.55. The summed E-state index contributed by atoms with van der Waals surface area (Å²) in [4.78, 5) is 11.7. The number of guanidine groups is 1. The fourth-order valence-corrected chi connectivity index (χ4v) is 3.81. The van der Waals surface area contributed by atoms with E-state index in [1.54, 1.807) is 11.3 Å². The molecule has 0 radical (unpaired) electrons. The van der Waals surface area contributed by atoms with Gasteiger partial charge in [-0.05, 0) is 12.8 Å². The highest BCUT2D eigenvalue weighted by atomic mass is 32.1. The van der Waals surface area contributed by atoms with Gasteiger partial charge in [0.1, 0.15) is 0 Å². The van der Waals surface area contributed by atoms with Crippen LogP contribution in [0.25, 0.3) is 0 Å². The molecule has 0 fully saturated rings. The van der Waals surface area contributed by atoms with E-state index in [2.05, 4.69) is 68.6 Å². The molecular weight excluding hydrogens is 356 g/mol. The zero-order valence-corrected chi connectivity index (χ0v) is 18.6. The van der Waals surface area contributed by atoms with Crippen LogP contribution >= 0.6 is 11.3 Å². The van der Waals surface area contributed by atoms with Crippen molar-refractivity contribution in [3.05, 3.63) is 33.5 Å². The van der Waals surface area contributed by atoms with E-state index in [0.29, 0.717) is 11.8 Å². The fraction of sp³-hybridized carbons (Fsp3) is 0.650. The highest BCUT2D eigenvalue weighted by molar-refractivity contribution is 7.09. The predicted molar refractivity (Wildman–Crippen MR) is 115 cm³/mol. The topological polar surface area (TPSA) is 58.3 Å². The molecule has 6 nitrogen and oxygen atoms in total. The molecule has 0 saturated carbocycles. The Morgan fingerprint density at radius 3 is 2.63 bits per heavy atom. The van der Waals surface area contributed by atoms with Crippen molar-refractivity contribution in [2.45, 2.75) is 59.4 Å². The molecule has 0 aromatic carbocycles. The number of aromatic nitrogens is 3. The van der Waals surface area contributed by atoms with E-state index >= 15 is 0 Å². The van der Waals surface area contributed by atoms with Crippen molar-refractivity contribution in [2.24, 2.45) is 12.0 Å². The first-order valence-corrected chi connectivity index (χ1v) is 10.7. The summed E-state index contributed by atoms with van der Waals surface area (Å²) in [5, 5.41) is 11.4. The molecular formula is C20H34N6S. The molecule has 2 rings (SSSR count). The summed E-state index contributed by atoms with van der Waals surface area (Å²) < 4.78 is 1.90. The van der Waals surface area contributed by atoms with Gasteiger partial charge in [-0.3, -0.25) is 9.67 Å². The second kappa shape index (κ2) is 9.88. The summed E-state index contributed by atoms with van der Waals surface area (Å²) >= 11 is 1.75. The van der Waals surface area contributed by atoms with E-state index in [4.69, 9.17) is 9.98 Å². The standard InChI is InChI=1S/C20H34N6S/c1-8-21-20(22-10-9-17-13-27-19(23-17)15(4)5)25(6)11-16-12-26(7)24-18(16)14(2)3/h12-15H,8-11H2,1-7H3,(H,21,22). The van der Waals surface area contributed by atoms with Crippen LogP contribution in [-0.4, -0.2) is 45.8 Å². The third-order valence-electron chi connectivity index (χ3n) is 4.28. The van der Waals surface area contributed by atoms with Gasteiger partial charge in [0.25, 0.3) is 0 Å². The van der Waals surface area contributed by atoms with E-state index in [9.17, 15) is 0 Å². The number of hydrogen-bond donors (Lipinski definition) is 1. The molecule has 0 bridgehead atoms. The molecule has 2 aromatic rings. The highest BCUT2D eigenvalue weighted by Crippen LogP contribution is 2.20. The Kier molecular flexibility index (Phi) is 7.83. The Hall–Kier alpha value is -1.89. The van der Waals surface area contributed by atoms with Gasteiger partial charge in [0, 0.05) is 63.2 Å². The lowest BCUT2D eigenvalue weighted by molar-refractivity contribution is 0.473. The maximum Gasteiger partial charge on any atom is 0.193 e. The fourth-order valence-electron chi connectivity index (χ4n) is 2.94. The molecule has 2 heterocycles. The van der Waals surface area contributed by atoms with Crippen LogP contribution in [0.1, 0.15) is 68.4 Å². The van der Waals surface area contributed by atoms with Crippen molar-refractivity contribution in [3.8, 4) is 0 Å². The van der Waals surface area contributed by atoms with Crippen molar-refractivity contribution in [2.75, 3.05) is 20.1 Å². The van der Waals surface area contributed by atoms with Gasteiger partial charge >= 0.3 is 0 Å².